The molecule has 0 saturated carbocycles. The lowest BCUT2D eigenvalue weighted by molar-refractivity contribution is -0.0806. The fourth-order valence-electron chi connectivity index (χ4n) is 2.69. The van der Waals surface area contributed by atoms with E-state index in [4.69, 9.17) is 9.47 Å². The quantitative estimate of drug-likeness (QED) is 0.356. The maximum absolute atomic E-state index is 9.86. The highest BCUT2D eigenvalue weighted by molar-refractivity contribution is 4.88. The molecule has 0 aliphatic carbocycles. The lowest BCUT2D eigenvalue weighted by Gasteiger charge is -2.20. The molecular formula is C18H34O5. The second-order valence-corrected chi connectivity index (χ2v) is 6.31. The van der Waals surface area contributed by atoms with E-state index < -0.39 is 24.4 Å². The molecular weight excluding hydrogens is 296 g/mol. The monoisotopic (exact) mass is 330 g/mol. The molecule has 3 N–H and O–H groups in total. The molecule has 1 rings (SSSR count). The van der Waals surface area contributed by atoms with Crippen LogP contribution in [-0.2, 0) is 9.47 Å². The van der Waals surface area contributed by atoms with Crippen LogP contribution in [0.1, 0.15) is 58.3 Å². The normalized spacial score (nSPS) is 26.2. The smallest absolute Gasteiger partial charge is 0.114 e. The molecule has 0 aromatic heterocycles. The van der Waals surface area contributed by atoms with Crippen molar-refractivity contribution in [3.63, 3.8) is 0 Å². The molecule has 0 aromatic carbocycles. The van der Waals surface area contributed by atoms with Crippen LogP contribution in [0, 0.1) is 0 Å². The first kappa shape index (κ1) is 20.6. The van der Waals surface area contributed by atoms with E-state index >= 15 is 0 Å². The molecule has 1 saturated heterocycles. The van der Waals surface area contributed by atoms with Gasteiger partial charge in [-0.3, -0.25) is 0 Å². The van der Waals surface area contributed by atoms with Gasteiger partial charge >= 0.3 is 0 Å². The number of aliphatic hydroxyl groups is 3. The van der Waals surface area contributed by atoms with Gasteiger partial charge in [0.15, 0.2) is 0 Å². The Hall–Kier alpha value is -0.460. The van der Waals surface area contributed by atoms with Crippen molar-refractivity contribution >= 4 is 0 Å². The van der Waals surface area contributed by atoms with Crippen molar-refractivity contribution in [2.24, 2.45) is 0 Å². The molecule has 136 valence electrons. The Labute approximate surface area is 140 Å². The summed E-state index contributed by atoms with van der Waals surface area (Å²) in [5.74, 6) is 0. The summed E-state index contributed by atoms with van der Waals surface area (Å²) in [6.07, 6.45) is 10.5. The number of hydrogen-bond acceptors (Lipinski definition) is 5. The first-order valence-electron chi connectivity index (χ1n) is 9.05. The molecule has 0 unspecified atom stereocenters. The topological polar surface area (TPSA) is 79.2 Å². The molecule has 5 nitrogen and oxygen atoms in total. The molecule has 1 heterocycles. The van der Waals surface area contributed by atoms with Gasteiger partial charge in [0.2, 0.25) is 0 Å². The second-order valence-electron chi connectivity index (χ2n) is 6.31. The second kappa shape index (κ2) is 12.9. The van der Waals surface area contributed by atoms with Crippen LogP contribution in [0.25, 0.3) is 0 Å². The summed E-state index contributed by atoms with van der Waals surface area (Å²) in [6, 6.07) is 0. The molecule has 0 spiro atoms. The van der Waals surface area contributed by atoms with Gasteiger partial charge < -0.3 is 24.8 Å². The minimum atomic E-state index is -1.04. The SMILES string of the molecule is CCCCCCCC/C=C/CCOC[C@H](O)[C@@H]1OC[C@@H](O)[C@@H]1O. The summed E-state index contributed by atoms with van der Waals surface area (Å²) in [5.41, 5.74) is 0. The molecule has 1 fully saturated rings. The summed E-state index contributed by atoms with van der Waals surface area (Å²) in [4.78, 5) is 0. The van der Waals surface area contributed by atoms with Gasteiger partial charge in [-0.2, -0.15) is 0 Å². The van der Waals surface area contributed by atoms with Crippen LogP contribution in [-0.4, -0.2) is 59.6 Å². The lowest BCUT2D eigenvalue weighted by atomic mass is 10.1. The van der Waals surface area contributed by atoms with Crippen molar-refractivity contribution in [3.8, 4) is 0 Å². The maximum Gasteiger partial charge on any atom is 0.114 e. The number of aliphatic hydroxyl groups excluding tert-OH is 3. The van der Waals surface area contributed by atoms with Crippen molar-refractivity contribution < 1.29 is 24.8 Å². The Morgan fingerprint density at radius 1 is 1.09 bits per heavy atom. The van der Waals surface area contributed by atoms with Crippen molar-refractivity contribution in [3.05, 3.63) is 12.2 Å². The van der Waals surface area contributed by atoms with Crippen molar-refractivity contribution in [1.82, 2.24) is 0 Å². The third kappa shape index (κ3) is 8.82. The Morgan fingerprint density at radius 3 is 2.48 bits per heavy atom. The van der Waals surface area contributed by atoms with E-state index in [1.54, 1.807) is 0 Å². The Bertz CT molecular complexity index is 308. The highest BCUT2D eigenvalue weighted by Crippen LogP contribution is 2.17. The fraction of sp³-hybridized carbons (Fsp3) is 0.889. The molecule has 1 aliphatic rings. The van der Waals surface area contributed by atoms with E-state index in [1.807, 2.05) is 0 Å². The van der Waals surface area contributed by atoms with Gasteiger partial charge in [0.25, 0.3) is 0 Å². The van der Waals surface area contributed by atoms with E-state index in [1.165, 1.54) is 38.5 Å². The highest BCUT2D eigenvalue weighted by Gasteiger charge is 2.39. The van der Waals surface area contributed by atoms with E-state index in [-0.39, 0.29) is 13.2 Å². The fourth-order valence-corrected chi connectivity index (χ4v) is 2.69. The minimum absolute atomic E-state index is 0.0596. The molecule has 23 heavy (non-hydrogen) atoms. The Morgan fingerprint density at radius 2 is 1.78 bits per heavy atom. The van der Waals surface area contributed by atoms with E-state index in [9.17, 15) is 15.3 Å². The molecule has 0 radical (unpaired) electrons. The van der Waals surface area contributed by atoms with Gasteiger partial charge in [-0.05, 0) is 19.3 Å². The first-order valence-corrected chi connectivity index (χ1v) is 9.05. The van der Waals surface area contributed by atoms with Gasteiger partial charge in [0.05, 0.1) is 19.8 Å². The van der Waals surface area contributed by atoms with Crippen LogP contribution in [0.2, 0.25) is 0 Å². The third-order valence-corrected chi connectivity index (χ3v) is 4.18. The summed E-state index contributed by atoms with van der Waals surface area (Å²) < 4.78 is 10.5. The third-order valence-electron chi connectivity index (χ3n) is 4.18. The molecule has 4 atom stereocenters. The number of ether oxygens (including phenoxy) is 2. The van der Waals surface area contributed by atoms with Crippen LogP contribution in [0.3, 0.4) is 0 Å². The molecule has 0 bridgehead atoms. The predicted molar refractivity (Wildman–Crippen MR) is 90.3 cm³/mol. The van der Waals surface area contributed by atoms with Crippen LogP contribution < -0.4 is 0 Å². The Kier molecular flexibility index (Phi) is 11.5. The lowest BCUT2D eigenvalue weighted by Crippen LogP contribution is -2.40. The van der Waals surface area contributed by atoms with Gasteiger partial charge in [0, 0.05) is 0 Å². The number of hydrogen-bond donors (Lipinski definition) is 3. The van der Waals surface area contributed by atoms with Gasteiger partial charge in [0.1, 0.15) is 24.4 Å². The maximum atomic E-state index is 9.86. The van der Waals surface area contributed by atoms with E-state index in [0.29, 0.717) is 6.61 Å². The number of rotatable bonds is 13. The van der Waals surface area contributed by atoms with Gasteiger partial charge in [-0.25, -0.2) is 0 Å². The van der Waals surface area contributed by atoms with E-state index in [2.05, 4.69) is 19.1 Å². The van der Waals surface area contributed by atoms with Crippen LogP contribution in [0.5, 0.6) is 0 Å². The van der Waals surface area contributed by atoms with Crippen LogP contribution in [0.4, 0.5) is 0 Å². The predicted octanol–water partition coefficient (Wildman–Crippen LogP) is 2.18. The Balaban J connectivity index is 1.92. The minimum Gasteiger partial charge on any atom is -0.388 e. The molecule has 5 heteroatoms. The van der Waals surface area contributed by atoms with E-state index in [0.717, 1.165) is 12.8 Å². The number of allylic oxidation sites excluding steroid dienone is 1. The van der Waals surface area contributed by atoms with Gasteiger partial charge in [-0.15, -0.1) is 0 Å². The zero-order valence-electron chi connectivity index (χ0n) is 14.4. The summed E-state index contributed by atoms with van der Waals surface area (Å²) in [6.45, 7) is 2.94. The van der Waals surface area contributed by atoms with Crippen molar-refractivity contribution in [2.45, 2.75) is 82.7 Å². The van der Waals surface area contributed by atoms with Crippen molar-refractivity contribution in [1.29, 1.82) is 0 Å². The van der Waals surface area contributed by atoms with Crippen molar-refractivity contribution in [2.75, 3.05) is 19.8 Å². The standard InChI is InChI=1S/C18H34O5/c1-2-3-4-5-6-7-8-9-10-11-12-22-13-16(20)18-17(21)15(19)14-23-18/h9-10,15-21H,2-8,11-14H2,1H3/b10-9+/t15-,16+,17+,18+/m1/s1. The summed E-state index contributed by atoms with van der Waals surface area (Å²) in [7, 11) is 0. The van der Waals surface area contributed by atoms with Crippen LogP contribution in [0.15, 0.2) is 12.2 Å². The first-order chi connectivity index (χ1) is 11.2. The van der Waals surface area contributed by atoms with Crippen LogP contribution >= 0.6 is 0 Å². The summed E-state index contributed by atoms with van der Waals surface area (Å²) in [5, 5.41) is 28.8. The summed E-state index contributed by atoms with van der Waals surface area (Å²) >= 11 is 0. The zero-order valence-corrected chi connectivity index (χ0v) is 14.4. The molecule has 0 amide bonds. The zero-order chi connectivity index (χ0) is 16.9. The average Bonchev–Trinajstić information content (AvgIpc) is 2.88. The average molecular weight is 330 g/mol. The largest absolute Gasteiger partial charge is 0.388 e. The van der Waals surface area contributed by atoms with Gasteiger partial charge in [-0.1, -0.05) is 51.2 Å². The number of unbranched alkanes of at least 4 members (excludes halogenated alkanes) is 6. The molecule has 0 aromatic rings. The molecule has 1 aliphatic heterocycles. The highest BCUT2D eigenvalue weighted by atomic mass is 16.5.